The summed E-state index contributed by atoms with van der Waals surface area (Å²) in [6.45, 7) is 4.03. The maximum atomic E-state index is 12.7. The van der Waals surface area contributed by atoms with Gasteiger partial charge in [0, 0.05) is 31.0 Å². The fourth-order valence-electron chi connectivity index (χ4n) is 4.05. The number of rotatable bonds is 4. The van der Waals surface area contributed by atoms with E-state index in [1.807, 2.05) is 42.2 Å². The predicted octanol–water partition coefficient (Wildman–Crippen LogP) is 3.51. The molecule has 136 valence electrons. The van der Waals surface area contributed by atoms with Gasteiger partial charge in [0.1, 0.15) is 0 Å². The third-order valence-electron chi connectivity index (χ3n) is 5.98. The predicted molar refractivity (Wildman–Crippen MR) is 98.8 cm³/mol. The topological polar surface area (TPSA) is 49.4 Å². The molecule has 1 saturated heterocycles. The van der Waals surface area contributed by atoms with Crippen LogP contribution in [0.15, 0.2) is 30.3 Å². The Balaban J connectivity index is 1.49. The van der Waals surface area contributed by atoms with Crippen LogP contribution in [-0.2, 0) is 16.1 Å². The lowest BCUT2D eigenvalue weighted by molar-refractivity contribution is -0.143. The van der Waals surface area contributed by atoms with E-state index < -0.39 is 0 Å². The van der Waals surface area contributed by atoms with E-state index in [-0.39, 0.29) is 17.2 Å². The molecule has 2 aliphatic rings. The van der Waals surface area contributed by atoms with Crippen LogP contribution in [0.25, 0.3) is 0 Å². The lowest BCUT2D eigenvalue weighted by Crippen LogP contribution is -2.50. The highest BCUT2D eigenvalue weighted by Gasteiger charge is 2.39. The molecule has 0 unspecified atom stereocenters. The van der Waals surface area contributed by atoms with Crippen molar-refractivity contribution in [3.63, 3.8) is 0 Å². The zero-order valence-electron chi connectivity index (χ0n) is 15.3. The number of hydrogen-bond acceptors (Lipinski definition) is 2. The van der Waals surface area contributed by atoms with Crippen LogP contribution in [0.2, 0.25) is 0 Å². The van der Waals surface area contributed by atoms with Crippen molar-refractivity contribution < 1.29 is 9.59 Å². The summed E-state index contributed by atoms with van der Waals surface area (Å²) in [6.07, 6.45) is 7.24. The Kier molecular flexibility index (Phi) is 5.77. The van der Waals surface area contributed by atoms with Gasteiger partial charge in [0.25, 0.3) is 0 Å². The summed E-state index contributed by atoms with van der Waals surface area (Å²) in [6, 6.07) is 9.99. The molecular weight excluding hydrogens is 312 g/mol. The van der Waals surface area contributed by atoms with Crippen LogP contribution in [0.3, 0.4) is 0 Å². The molecule has 1 aliphatic heterocycles. The Bertz CT molecular complexity index is 585. The first-order chi connectivity index (χ1) is 12.1. The third-order valence-corrected chi connectivity index (χ3v) is 5.98. The minimum atomic E-state index is -0.363. The molecule has 1 saturated carbocycles. The summed E-state index contributed by atoms with van der Waals surface area (Å²) in [5.74, 6) is 0.664. The van der Waals surface area contributed by atoms with Crippen LogP contribution in [-0.4, -0.2) is 29.8 Å². The highest BCUT2D eigenvalue weighted by Crippen LogP contribution is 2.33. The Morgan fingerprint density at radius 1 is 1.08 bits per heavy atom. The molecule has 25 heavy (non-hydrogen) atoms. The van der Waals surface area contributed by atoms with E-state index in [4.69, 9.17) is 0 Å². The fourth-order valence-corrected chi connectivity index (χ4v) is 4.05. The van der Waals surface area contributed by atoms with Crippen molar-refractivity contribution in [2.75, 3.05) is 13.1 Å². The van der Waals surface area contributed by atoms with Gasteiger partial charge in [-0.15, -0.1) is 0 Å². The minimum absolute atomic E-state index is 0.112. The minimum Gasteiger partial charge on any atom is -0.352 e. The Hall–Kier alpha value is -1.84. The van der Waals surface area contributed by atoms with E-state index in [0.717, 1.165) is 31.2 Å². The molecule has 3 rings (SSSR count). The van der Waals surface area contributed by atoms with Crippen LogP contribution in [0.5, 0.6) is 0 Å². The standard InChI is InChI=1S/C21H30N2O2/c1-21(20(25)22-16-17-8-4-2-5-9-17)12-14-23(15-13-21)19(24)18-10-6-3-7-11-18/h2,4-5,8-9,18H,3,6-7,10-16H2,1H3,(H,22,25). The first-order valence-corrected chi connectivity index (χ1v) is 9.69. The molecule has 4 nitrogen and oxygen atoms in total. The van der Waals surface area contributed by atoms with Gasteiger partial charge in [-0.05, 0) is 31.2 Å². The Labute approximate surface area is 151 Å². The fraction of sp³-hybridized carbons (Fsp3) is 0.619. The summed E-state index contributed by atoms with van der Waals surface area (Å²) in [4.78, 5) is 27.3. The maximum Gasteiger partial charge on any atom is 0.226 e. The van der Waals surface area contributed by atoms with Gasteiger partial charge in [0.2, 0.25) is 11.8 Å². The molecule has 2 fully saturated rings. The van der Waals surface area contributed by atoms with E-state index in [1.165, 1.54) is 19.3 Å². The van der Waals surface area contributed by atoms with Gasteiger partial charge in [-0.25, -0.2) is 0 Å². The van der Waals surface area contributed by atoms with E-state index in [2.05, 4.69) is 5.32 Å². The van der Waals surface area contributed by atoms with Crippen LogP contribution in [0, 0.1) is 11.3 Å². The van der Waals surface area contributed by atoms with E-state index in [0.29, 0.717) is 25.5 Å². The van der Waals surface area contributed by atoms with Crippen LogP contribution in [0.4, 0.5) is 0 Å². The summed E-state index contributed by atoms with van der Waals surface area (Å²) in [5, 5.41) is 3.07. The first-order valence-electron chi connectivity index (χ1n) is 9.69. The molecule has 0 radical (unpaired) electrons. The summed E-state index contributed by atoms with van der Waals surface area (Å²) in [5.41, 5.74) is 0.752. The van der Waals surface area contributed by atoms with E-state index in [1.54, 1.807) is 0 Å². The van der Waals surface area contributed by atoms with Gasteiger partial charge in [-0.1, -0.05) is 56.5 Å². The largest absolute Gasteiger partial charge is 0.352 e. The van der Waals surface area contributed by atoms with Crippen molar-refractivity contribution in [2.24, 2.45) is 11.3 Å². The molecule has 0 atom stereocenters. The number of hydrogen-bond donors (Lipinski definition) is 1. The van der Waals surface area contributed by atoms with Crippen molar-refractivity contribution in [3.05, 3.63) is 35.9 Å². The quantitative estimate of drug-likeness (QED) is 0.910. The lowest BCUT2D eigenvalue weighted by Gasteiger charge is -2.40. The average molecular weight is 342 g/mol. The first kappa shape index (κ1) is 18.0. The van der Waals surface area contributed by atoms with Crippen LogP contribution < -0.4 is 5.32 Å². The molecule has 2 amide bonds. The number of amides is 2. The van der Waals surface area contributed by atoms with Crippen LogP contribution in [0.1, 0.15) is 57.4 Å². The van der Waals surface area contributed by atoms with Crippen molar-refractivity contribution >= 4 is 11.8 Å². The molecule has 1 aromatic rings. The van der Waals surface area contributed by atoms with Crippen LogP contribution >= 0.6 is 0 Å². The summed E-state index contributed by atoms with van der Waals surface area (Å²) < 4.78 is 0. The van der Waals surface area contributed by atoms with Crippen molar-refractivity contribution in [1.29, 1.82) is 0 Å². The number of likely N-dealkylation sites (tertiary alicyclic amines) is 1. The second-order valence-electron chi connectivity index (χ2n) is 7.89. The smallest absolute Gasteiger partial charge is 0.226 e. The molecule has 0 aromatic heterocycles. The Morgan fingerprint density at radius 2 is 1.72 bits per heavy atom. The van der Waals surface area contributed by atoms with Gasteiger partial charge in [0.05, 0.1) is 0 Å². The number of nitrogens with one attached hydrogen (secondary N) is 1. The third kappa shape index (κ3) is 4.42. The zero-order valence-corrected chi connectivity index (χ0v) is 15.3. The second kappa shape index (κ2) is 8.03. The highest BCUT2D eigenvalue weighted by atomic mass is 16.2. The van der Waals surface area contributed by atoms with Gasteiger partial charge in [-0.2, -0.15) is 0 Å². The summed E-state index contributed by atoms with van der Waals surface area (Å²) >= 11 is 0. The molecular formula is C21H30N2O2. The van der Waals surface area contributed by atoms with E-state index >= 15 is 0 Å². The monoisotopic (exact) mass is 342 g/mol. The normalized spacial score (nSPS) is 20.9. The number of carbonyl (C=O) groups excluding carboxylic acids is 2. The van der Waals surface area contributed by atoms with Crippen molar-refractivity contribution in [2.45, 2.75) is 58.4 Å². The molecule has 1 N–H and O–H groups in total. The van der Waals surface area contributed by atoms with Gasteiger partial charge in [0.15, 0.2) is 0 Å². The van der Waals surface area contributed by atoms with Crippen molar-refractivity contribution in [3.8, 4) is 0 Å². The maximum absolute atomic E-state index is 12.7. The van der Waals surface area contributed by atoms with Gasteiger partial charge in [-0.3, -0.25) is 9.59 Å². The van der Waals surface area contributed by atoms with Gasteiger partial charge >= 0.3 is 0 Å². The average Bonchev–Trinajstić information content (AvgIpc) is 2.67. The van der Waals surface area contributed by atoms with Gasteiger partial charge < -0.3 is 10.2 Å². The Morgan fingerprint density at radius 3 is 2.36 bits per heavy atom. The zero-order chi connectivity index (χ0) is 17.7. The molecule has 1 aromatic carbocycles. The van der Waals surface area contributed by atoms with Crippen molar-refractivity contribution in [1.82, 2.24) is 10.2 Å². The van der Waals surface area contributed by atoms with E-state index in [9.17, 15) is 9.59 Å². The summed E-state index contributed by atoms with van der Waals surface area (Å²) in [7, 11) is 0. The lowest BCUT2D eigenvalue weighted by atomic mass is 9.78. The number of piperidine rings is 1. The molecule has 1 heterocycles. The highest BCUT2D eigenvalue weighted by molar-refractivity contribution is 5.83. The molecule has 1 aliphatic carbocycles. The second-order valence-corrected chi connectivity index (χ2v) is 7.89. The molecule has 0 spiro atoms. The number of benzene rings is 1. The SMILES string of the molecule is CC1(C(=O)NCc2ccccc2)CCN(C(=O)C2CCCCC2)CC1. The number of nitrogens with zero attached hydrogens (tertiary/aromatic N) is 1. The number of carbonyl (C=O) groups is 2. The molecule has 4 heteroatoms. The molecule has 0 bridgehead atoms.